The summed E-state index contributed by atoms with van der Waals surface area (Å²) in [5, 5.41) is 1.28. The van der Waals surface area contributed by atoms with E-state index in [0.717, 1.165) is 11.9 Å². The van der Waals surface area contributed by atoms with E-state index in [-0.39, 0.29) is 5.41 Å². The molecule has 1 heterocycles. The molecule has 0 fully saturated rings. The molecule has 1 aromatic heterocycles. The van der Waals surface area contributed by atoms with Crippen LogP contribution in [0.1, 0.15) is 39.0 Å². The van der Waals surface area contributed by atoms with Gasteiger partial charge in [0.05, 0.1) is 5.52 Å². The van der Waals surface area contributed by atoms with Crippen molar-refractivity contribution in [3.8, 4) is 0 Å². The number of hydrogen-bond acceptors (Lipinski definition) is 1. The van der Waals surface area contributed by atoms with E-state index in [4.69, 9.17) is 0 Å². The van der Waals surface area contributed by atoms with Crippen molar-refractivity contribution in [2.75, 3.05) is 0 Å². The molecule has 0 unspecified atom stereocenters. The molecule has 0 aliphatic heterocycles. The summed E-state index contributed by atoms with van der Waals surface area (Å²) in [4.78, 5) is 4.67. The molecule has 0 N–H and O–H groups in total. The van der Waals surface area contributed by atoms with E-state index < -0.39 is 0 Å². The summed E-state index contributed by atoms with van der Waals surface area (Å²) in [6, 6.07) is 10.8. The first-order valence-electron chi connectivity index (χ1n) is 5.91. The number of nitrogens with zero attached hydrogens (tertiary/aromatic N) is 1. The molecule has 0 amide bonds. The van der Waals surface area contributed by atoms with Gasteiger partial charge in [-0.05, 0) is 29.5 Å². The van der Waals surface area contributed by atoms with Gasteiger partial charge in [-0.25, -0.2) is 0 Å². The highest BCUT2D eigenvalue weighted by Gasteiger charge is 2.16. The van der Waals surface area contributed by atoms with Gasteiger partial charge in [-0.3, -0.25) is 4.98 Å². The van der Waals surface area contributed by atoms with E-state index in [9.17, 15) is 0 Å². The summed E-state index contributed by atoms with van der Waals surface area (Å²) in [5.41, 5.74) is 3.83. The minimum absolute atomic E-state index is 0.176. The van der Waals surface area contributed by atoms with Crippen molar-refractivity contribution >= 4 is 10.9 Å². The van der Waals surface area contributed by atoms with Crippen LogP contribution in [0.15, 0.2) is 30.3 Å². The molecule has 0 aliphatic carbocycles. The van der Waals surface area contributed by atoms with Crippen LogP contribution in [0.2, 0.25) is 0 Å². The Morgan fingerprint density at radius 2 is 1.81 bits per heavy atom. The Hall–Kier alpha value is -1.37. The zero-order chi connectivity index (χ0) is 11.8. The van der Waals surface area contributed by atoms with Gasteiger partial charge in [0, 0.05) is 11.1 Å². The largest absolute Gasteiger partial charge is 0.253 e. The highest BCUT2D eigenvalue weighted by Crippen LogP contribution is 2.29. The monoisotopic (exact) mass is 213 g/mol. The maximum atomic E-state index is 4.67. The fourth-order valence-electron chi connectivity index (χ4n) is 2.05. The second-order valence-corrected chi connectivity index (χ2v) is 5.28. The molecule has 1 nitrogen and oxygen atoms in total. The Kier molecular flexibility index (Phi) is 2.71. The number of fused-ring (bicyclic) bond motifs is 1. The molecule has 0 saturated carbocycles. The van der Waals surface area contributed by atoms with Gasteiger partial charge in [0.1, 0.15) is 0 Å². The molecule has 0 saturated heterocycles. The van der Waals surface area contributed by atoms with Crippen LogP contribution in [-0.2, 0) is 11.8 Å². The molecule has 16 heavy (non-hydrogen) atoms. The number of hydrogen-bond donors (Lipinski definition) is 0. The van der Waals surface area contributed by atoms with Gasteiger partial charge < -0.3 is 0 Å². The van der Waals surface area contributed by atoms with Crippen LogP contribution < -0.4 is 0 Å². The van der Waals surface area contributed by atoms with E-state index in [1.165, 1.54) is 16.6 Å². The van der Waals surface area contributed by atoms with Crippen LogP contribution in [0, 0.1) is 0 Å². The number of rotatable bonds is 1. The smallest absolute Gasteiger partial charge is 0.0708 e. The summed E-state index contributed by atoms with van der Waals surface area (Å²) in [7, 11) is 0. The maximum absolute atomic E-state index is 4.67. The topological polar surface area (TPSA) is 12.9 Å². The zero-order valence-corrected chi connectivity index (χ0v) is 10.5. The second-order valence-electron chi connectivity index (χ2n) is 5.28. The Labute approximate surface area is 97.5 Å². The molecule has 0 bridgehead atoms. The van der Waals surface area contributed by atoms with Crippen molar-refractivity contribution in [3.05, 3.63) is 41.6 Å². The molecular formula is C15H19N. The lowest BCUT2D eigenvalue weighted by Gasteiger charge is -2.21. The summed E-state index contributed by atoms with van der Waals surface area (Å²) >= 11 is 0. The summed E-state index contributed by atoms with van der Waals surface area (Å²) in [5.74, 6) is 0. The second kappa shape index (κ2) is 3.89. The van der Waals surface area contributed by atoms with Gasteiger partial charge in [0.2, 0.25) is 0 Å². The highest BCUT2D eigenvalue weighted by molar-refractivity contribution is 5.83. The van der Waals surface area contributed by atoms with Crippen molar-refractivity contribution in [2.45, 2.75) is 39.5 Å². The average Bonchev–Trinajstić information content (AvgIpc) is 2.26. The van der Waals surface area contributed by atoms with Crippen LogP contribution in [-0.4, -0.2) is 4.98 Å². The Morgan fingerprint density at radius 3 is 2.44 bits per heavy atom. The summed E-state index contributed by atoms with van der Waals surface area (Å²) in [6.07, 6.45) is 0.996. The summed E-state index contributed by atoms with van der Waals surface area (Å²) in [6.45, 7) is 8.88. The van der Waals surface area contributed by atoms with Crippen LogP contribution in [0.5, 0.6) is 0 Å². The number of pyridine rings is 1. The molecule has 1 aromatic carbocycles. The Morgan fingerprint density at radius 1 is 1.06 bits per heavy atom. The van der Waals surface area contributed by atoms with E-state index in [1.54, 1.807) is 0 Å². The van der Waals surface area contributed by atoms with Crippen molar-refractivity contribution in [3.63, 3.8) is 0 Å². The predicted molar refractivity (Wildman–Crippen MR) is 69.8 cm³/mol. The minimum atomic E-state index is 0.176. The van der Waals surface area contributed by atoms with Crippen molar-refractivity contribution in [1.29, 1.82) is 0 Å². The molecule has 84 valence electrons. The summed E-state index contributed by atoms with van der Waals surface area (Å²) < 4.78 is 0. The van der Waals surface area contributed by atoms with Crippen LogP contribution in [0.3, 0.4) is 0 Å². The fourth-order valence-corrected chi connectivity index (χ4v) is 2.05. The van der Waals surface area contributed by atoms with Gasteiger partial charge >= 0.3 is 0 Å². The third-order valence-corrected chi connectivity index (χ3v) is 2.96. The van der Waals surface area contributed by atoms with Crippen molar-refractivity contribution in [2.24, 2.45) is 0 Å². The lowest BCUT2D eigenvalue weighted by Crippen LogP contribution is -2.11. The van der Waals surface area contributed by atoms with Crippen LogP contribution in [0.4, 0.5) is 0 Å². The van der Waals surface area contributed by atoms with Gasteiger partial charge in [-0.15, -0.1) is 0 Å². The quantitative estimate of drug-likeness (QED) is 0.695. The van der Waals surface area contributed by atoms with E-state index in [0.29, 0.717) is 0 Å². The average molecular weight is 213 g/mol. The van der Waals surface area contributed by atoms with E-state index in [1.807, 2.05) is 0 Å². The fraction of sp³-hybridized carbons (Fsp3) is 0.400. The minimum Gasteiger partial charge on any atom is -0.253 e. The van der Waals surface area contributed by atoms with Crippen LogP contribution >= 0.6 is 0 Å². The van der Waals surface area contributed by atoms with Crippen molar-refractivity contribution < 1.29 is 0 Å². The van der Waals surface area contributed by atoms with E-state index >= 15 is 0 Å². The van der Waals surface area contributed by atoms with Crippen molar-refractivity contribution in [1.82, 2.24) is 4.98 Å². The van der Waals surface area contributed by atoms with Gasteiger partial charge in [0.15, 0.2) is 0 Å². The first-order valence-corrected chi connectivity index (χ1v) is 5.91. The molecular weight excluding hydrogens is 194 g/mol. The molecule has 0 aliphatic rings. The third-order valence-electron chi connectivity index (χ3n) is 2.96. The lowest BCUT2D eigenvalue weighted by atomic mass is 9.84. The highest BCUT2D eigenvalue weighted by atomic mass is 14.7. The first-order chi connectivity index (χ1) is 7.52. The third kappa shape index (κ3) is 1.95. The molecule has 0 spiro atoms. The zero-order valence-electron chi connectivity index (χ0n) is 10.5. The maximum Gasteiger partial charge on any atom is 0.0708 e. The first kappa shape index (κ1) is 11.1. The van der Waals surface area contributed by atoms with Gasteiger partial charge in [0.25, 0.3) is 0 Å². The normalized spacial score (nSPS) is 12.0. The molecule has 1 heteroatoms. The Balaban J connectivity index is 2.70. The molecule has 0 radical (unpaired) electrons. The van der Waals surface area contributed by atoms with Gasteiger partial charge in [-0.2, -0.15) is 0 Å². The molecule has 2 rings (SSSR count). The van der Waals surface area contributed by atoms with Crippen LogP contribution in [0.25, 0.3) is 10.9 Å². The standard InChI is InChI=1S/C15H19N/c1-5-11-9-10-12-13(15(2,3)4)7-6-8-14(12)16-11/h6-10H,5H2,1-4H3. The Bertz CT molecular complexity index is 506. The van der Waals surface area contributed by atoms with E-state index in [2.05, 4.69) is 63.0 Å². The number of aromatic nitrogens is 1. The molecule has 0 atom stereocenters. The number of benzene rings is 1. The SMILES string of the molecule is CCc1ccc2c(C(C)(C)C)cccc2n1. The number of aryl methyl sites for hydroxylation is 1. The predicted octanol–water partition coefficient (Wildman–Crippen LogP) is 4.09. The molecule has 2 aromatic rings. The van der Waals surface area contributed by atoms with Gasteiger partial charge in [-0.1, -0.05) is 45.9 Å². The lowest BCUT2D eigenvalue weighted by molar-refractivity contribution is 0.596.